The van der Waals surface area contributed by atoms with Crippen LogP contribution in [-0.2, 0) is 10.2 Å². The van der Waals surface area contributed by atoms with Crippen molar-refractivity contribution in [1.82, 2.24) is 0 Å². The van der Waals surface area contributed by atoms with Crippen LogP contribution in [0.1, 0.15) is 37.7 Å². The molecule has 1 aromatic rings. The molecule has 1 heterocycles. The van der Waals surface area contributed by atoms with Gasteiger partial charge in [-0.2, -0.15) is 0 Å². The van der Waals surface area contributed by atoms with Gasteiger partial charge in [0.15, 0.2) is 0 Å². The summed E-state index contributed by atoms with van der Waals surface area (Å²) in [5.41, 5.74) is 1.36. The zero-order chi connectivity index (χ0) is 12.4. The first-order valence-corrected chi connectivity index (χ1v) is 7.14. The predicted octanol–water partition coefficient (Wildman–Crippen LogP) is 2.90. The molecule has 1 aromatic carbocycles. The summed E-state index contributed by atoms with van der Waals surface area (Å²) in [4.78, 5) is 0. The molecule has 1 aliphatic carbocycles. The van der Waals surface area contributed by atoms with Gasteiger partial charge in [-0.05, 0) is 37.2 Å². The van der Waals surface area contributed by atoms with Gasteiger partial charge in [0.2, 0.25) is 0 Å². The van der Waals surface area contributed by atoms with Crippen LogP contribution in [0, 0.1) is 5.92 Å². The molecule has 1 N–H and O–H groups in total. The second-order valence-corrected chi connectivity index (χ2v) is 5.77. The lowest BCUT2D eigenvalue weighted by Gasteiger charge is -2.49. The predicted molar refractivity (Wildman–Crippen MR) is 71.5 cm³/mol. The molecule has 2 fully saturated rings. The Kier molecular flexibility index (Phi) is 3.40. The number of benzene rings is 1. The quantitative estimate of drug-likeness (QED) is 0.888. The summed E-state index contributed by atoms with van der Waals surface area (Å²) in [6.45, 7) is 1.62. The molecule has 2 nitrogen and oxygen atoms in total. The Balaban J connectivity index is 1.82. The van der Waals surface area contributed by atoms with Crippen LogP contribution < -0.4 is 0 Å². The lowest BCUT2D eigenvalue weighted by molar-refractivity contribution is -0.0535. The van der Waals surface area contributed by atoms with Crippen LogP contribution in [0.15, 0.2) is 30.3 Å². The lowest BCUT2D eigenvalue weighted by Crippen LogP contribution is -2.50. The zero-order valence-electron chi connectivity index (χ0n) is 10.8. The first-order valence-electron chi connectivity index (χ1n) is 7.14. The van der Waals surface area contributed by atoms with Crippen LogP contribution in [0.2, 0.25) is 0 Å². The minimum absolute atomic E-state index is 0.0310. The summed E-state index contributed by atoms with van der Waals surface area (Å²) in [5.74, 6) is 0.416. The van der Waals surface area contributed by atoms with Crippen molar-refractivity contribution in [2.75, 3.05) is 13.2 Å². The fraction of sp³-hybridized carbons (Fsp3) is 0.625. The Hall–Kier alpha value is -0.860. The van der Waals surface area contributed by atoms with Crippen molar-refractivity contribution in [2.45, 2.75) is 43.6 Å². The van der Waals surface area contributed by atoms with Crippen molar-refractivity contribution in [1.29, 1.82) is 0 Å². The monoisotopic (exact) mass is 246 g/mol. The van der Waals surface area contributed by atoms with E-state index in [1.165, 1.54) is 12.0 Å². The highest BCUT2D eigenvalue weighted by Gasteiger charge is 2.47. The van der Waals surface area contributed by atoms with Gasteiger partial charge in [-0.3, -0.25) is 0 Å². The van der Waals surface area contributed by atoms with E-state index >= 15 is 0 Å². The molecule has 18 heavy (non-hydrogen) atoms. The van der Waals surface area contributed by atoms with E-state index in [2.05, 4.69) is 30.3 Å². The molecule has 1 unspecified atom stereocenters. The Labute approximate surface area is 109 Å². The number of aliphatic hydroxyl groups excluding tert-OH is 1. The highest BCUT2D eigenvalue weighted by atomic mass is 16.5. The maximum atomic E-state index is 10.8. The summed E-state index contributed by atoms with van der Waals surface area (Å²) >= 11 is 0. The fourth-order valence-electron chi connectivity index (χ4n) is 3.57. The average Bonchev–Trinajstić information content (AvgIpc) is 2.40. The summed E-state index contributed by atoms with van der Waals surface area (Å²) in [6.07, 6.45) is 5.34. The van der Waals surface area contributed by atoms with Crippen molar-refractivity contribution in [2.24, 2.45) is 5.92 Å². The van der Waals surface area contributed by atoms with E-state index in [-0.39, 0.29) is 11.5 Å². The minimum atomic E-state index is -0.197. The van der Waals surface area contributed by atoms with Crippen LogP contribution in [0.4, 0.5) is 0 Å². The Morgan fingerprint density at radius 1 is 1.11 bits per heavy atom. The SMILES string of the molecule is OC(C1CCOCC1)C1(c2ccccc2)CCC1. The van der Waals surface area contributed by atoms with Crippen LogP contribution >= 0.6 is 0 Å². The molecule has 2 heteroatoms. The highest BCUT2D eigenvalue weighted by molar-refractivity contribution is 5.30. The molecule has 3 rings (SSSR count). The smallest absolute Gasteiger partial charge is 0.0666 e. The van der Waals surface area contributed by atoms with E-state index in [4.69, 9.17) is 4.74 Å². The van der Waals surface area contributed by atoms with Crippen LogP contribution in [0.5, 0.6) is 0 Å². The number of rotatable bonds is 3. The molecule has 1 atom stereocenters. The molecule has 0 spiro atoms. The fourth-order valence-corrected chi connectivity index (χ4v) is 3.57. The van der Waals surface area contributed by atoms with Gasteiger partial charge in [0, 0.05) is 18.6 Å². The third-order valence-electron chi connectivity index (χ3n) is 4.87. The third-order valence-corrected chi connectivity index (χ3v) is 4.87. The summed E-state index contributed by atoms with van der Waals surface area (Å²) in [7, 11) is 0. The van der Waals surface area contributed by atoms with Crippen LogP contribution in [-0.4, -0.2) is 24.4 Å². The molecule has 2 aliphatic rings. The van der Waals surface area contributed by atoms with Gasteiger partial charge in [0.25, 0.3) is 0 Å². The highest BCUT2D eigenvalue weighted by Crippen LogP contribution is 2.49. The standard InChI is InChI=1S/C16H22O2/c17-15(13-7-11-18-12-8-13)16(9-4-10-16)14-5-2-1-3-6-14/h1-3,5-6,13,15,17H,4,7-12H2. The number of aliphatic hydroxyl groups is 1. The van der Waals surface area contributed by atoms with Gasteiger partial charge < -0.3 is 9.84 Å². The van der Waals surface area contributed by atoms with E-state index in [0.717, 1.165) is 38.9 Å². The lowest BCUT2D eigenvalue weighted by atomic mass is 9.58. The van der Waals surface area contributed by atoms with Gasteiger partial charge >= 0.3 is 0 Å². The number of ether oxygens (including phenoxy) is 1. The summed E-state index contributed by atoms with van der Waals surface area (Å²) in [5, 5.41) is 10.8. The van der Waals surface area contributed by atoms with Crippen molar-refractivity contribution < 1.29 is 9.84 Å². The Morgan fingerprint density at radius 3 is 2.33 bits per heavy atom. The molecule has 1 aliphatic heterocycles. The number of hydrogen-bond donors (Lipinski definition) is 1. The first-order chi connectivity index (χ1) is 8.83. The molecule has 0 aromatic heterocycles. The molecular weight excluding hydrogens is 224 g/mol. The Morgan fingerprint density at radius 2 is 1.78 bits per heavy atom. The van der Waals surface area contributed by atoms with Gasteiger partial charge in [-0.1, -0.05) is 36.8 Å². The van der Waals surface area contributed by atoms with Gasteiger partial charge in [-0.25, -0.2) is 0 Å². The van der Waals surface area contributed by atoms with E-state index in [9.17, 15) is 5.11 Å². The normalized spacial score (nSPS) is 25.4. The van der Waals surface area contributed by atoms with Crippen LogP contribution in [0.25, 0.3) is 0 Å². The minimum Gasteiger partial charge on any atom is -0.392 e. The third kappa shape index (κ3) is 1.98. The van der Waals surface area contributed by atoms with Crippen molar-refractivity contribution in [3.05, 3.63) is 35.9 Å². The maximum absolute atomic E-state index is 10.8. The maximum Gasteiger partial charge on any atom is 0.0666 e. The molecule has 98 valence electrons. The van der Waals surface area contributed by atoms with Gasteiger partial charge in [0.05, 0.1) is 6.10 Å². The molecule has 1 saturated carbocycles. The van der Waals surface area contributed by atoms with Gasteiger partial charge in [-0.15, -0.1) is 0 Å². The second kappa shape index (κ2) is 5.02. The van der Waals surface area contributed by atoms with E-state index < -0.39 is 0 Å². The molecule has 1 saturated heterocycles. The Bertz CT molecular complexity index is 377. The molecule has 0 bridgehead atoms. The summed E-state index contributed by atoms with van der Waals surface area (Å²) in [6, 6.07) is 10.6. The van der Waals surface area contributed by atoms with E-state index in [1.807, 2.05) is 0 Å². The number of hydrogen-bond acceptors (Lipinski definition) is 2. The first kappa shape index (κ1) is 12.2. The van der Waals surface area contributed by atoms with Crippen LogP contribution in [0.3, 0.4) is 0 Å². The van der Waals surface area contributed by atoms with Gasteiger partial charge in [0.1, 0.15) is 0 Å². The zero-order valence-corrected chi connectivity index (χ0v) is 10.8. The molecular formula is C16H22O2. The average molecular weight is 246 g/mol. The topological polar surface area (TPSA) is 29.5 Å². The molecule has 0 radical (unpaired) electrons. The van der Waals surface area contributed by atoms with E-state index in [0.29, 0.717) is 5.92 Å². The molecule has 0 amide bonds. The van der Waals surface area contributed by atoms with E-state index in [1.54, 1.807) is 0 Å². The second-order valence-electron chi connectivity index (χ2n) is 5.77. The van der Waals surface area contributed by atoms with Crippen molar-refractivity contribution in [3.63, 3.8) is 0 Å². The van der Waals surface area contributed by atoms with Crippen molar-refractivity contribution in [3.8, 4) is 0 Å². The van der Waals surface area contributed by atoms with Crippen molar-refractivity contribution >= 4 is 0 Å². The largest absolute Gasteiger partial charge is 0.392 e. The summed E-state index contributed by atoms with van der Waals surface area (Å²) < 4.78 is 5.41.